The van der Waals surface area contributed by atoms with E-state index in [1.165, 1.54) is 0 Å². The summed E-state index contributed by atoms with van der Waals surface area (Å²) in [6.45, 7) is 4.60. The number of aromatic nitrogens is 1. The van der Waals surface area contributed by atoms with Gasteiger partial charge in [0.1, 0.15) is 5.75 Å². The van der Waals surface area contributed by atoms with E-state index in [9.17, 15) is 14.7 Å². The third kappa shape index (κ3) is 3.43. The number of amides is 1. The molecule has 0 bridgehead atoms. The summed E-state index contributed by atoms with van der Waals surface area (Å²) in [5.41, 5.74) is 1.93. The first-order valence-electron chi connectivity index (χ1n) is 8.36. The van der Waals surface area contributed by atoms with E-state index in [2.05, 4.69) is 4.98 Å². The van der Waals surface area contributed by atoms with Gasteiger partial charge >= 0.3 is 5.97 Å². The number of hydrogen-bond donors (Lipinski definition) is 1. The van der Waals surface area contributed by atoms with Gasteiger partial charge in [0, 0.05) is 24.5 Å². The van der Waals surface area contributed by atoms with Gasteiger partial charge in [-0.3, -0.25) is 14.6 Å². The summed E-state index contributed by atoms with van der Waals surface area (Å²) < 4.78 is 5.21. The van der Waals surface area contributed by atoms with Gasteiger partial charge in [-0.15, -0.1) is 0 Å². The highest BCUT2D eigenvalue weighted by Gasteiger charge is 2.32. The predicted molar refractivity (Wildman–Crippen MR) is 93.8 cm³/mol. The van der Waals surface area contributed by atoms with Crippen molar-refractivity contribution in [2.45, 2.75) is 20.3 Å². The zero-order valence-corrected chi connectivity index (χ0v) is 14.7. The van der Waals surface area contributed by atoms with Crippen molar-refractivity contribution >= 4 is 22.8 Å². The SMILES string of the molecule is COc1ccc2cc(C(=O)N3CC(C)CC(C(=O)O)C3)c(C)nc2c1. The number of hydrogen-bond acceptors (Lipinski definition) is 4. The summed E-state index contributed by atoms with van der Waals surface area (Å²) in [5.74, 6) is -0.625. The number of carbonyl (C=O) groups excluding carboxylic acids is 1. The number of carboxylic acid groups (broad SMARTS) is 1. The number of likely N-dealkylation sites (tertiary alicyclic amines) is 1. The number of rotatable bonds is 3. The lowest BCUT2D eigenvalue weighted by Gasteiger charge is -2.35. The minimum absolute atomic E-state index is 0.152. The van der Waals surface area contributed by atoms with Crippen LogP contribution in [-0.2, 0) is 4.79 Å². The van der Waals surface area contributed by atoms with E-state index in [4.69, 9.17) is 4.74 Å². The van der Waals surface area contributed by atoms with Crippen molar-refractivity contribution in [3.05, 3.63) is 35.5 Å². The Hall–Kier alpha value is -2.63. The van der Waals surface area contributed by atoms with Gasteiger partial charge in [0.2, 0.25) is 0 Å². The van der Waals surface area contributed by atoms with Crippen molar-refractivity contribution in [1.29, 1.82) is 0 Å². The molecule has 25 heavy (non-hydrogen) atoms. The minimum atomic E-state index is -0.843. The van der Waals surface area contributed by atoms with Crippen molar-refractivity contribution in [2.24, 2.45) is 11.8 Å². The van der Waals surface area contributed by atoms with Crippen molar-refractivity contribution in [2.75, 3.05) is 20.2 Å². The molecule has 0 radical (unpaired) electrons. The zero-order chi connectivity index (χ0) is 18.1. The smallest absolute Gasteiger partial charge is 0.308 e. The first kappa shape index (κ1) is 17.2. The largest absolute Gasteiger partial charge is 0.497 e. The number of carbonyl (C=O) groups is 2. The second-order valence-electron chi connectivity index (χ2n) is 6.77. The topological polar surface area (TPSA) is 79.7 Å². The third-order valence-electron chi connectivity index (χ3n) is 4.74. The van der Waals surface area contributed by atoms with Crippen LogP contribution in [0.5, 0.6) is 5.75 Å². The number of carboxylic acids is 1. The number of aryl methyl sites for hydroxylation is 1. The van der Waals surface area contributed by atoms with Crippen LogP contribution in [0.3, 0.4) is 0 Å². The fraction of sp³-hybridized carbons (Fsp3) is 0.421. The van der Waals surface area contributed by atoms with Crippen LogP contribution in [0, 0.1) is 18.8 Å². The molecule has 1 saturated heterocycles. The highest BCUT2D eigenvalue weighted by atomic mass is 16.5. The maximum atomic E-state index is 13.0. The monoisotopic (exact) mass is 342 g/mol. The van der Waals surface area contributed by atoms with Crippen LogP contribution >= 0.6 is 0 Å². The number of nitrogens with zero attached hydrogens (tertiary/aromatic N) is 2. The highest BCUT2D eigenvalue weighted by molar-refractivity contribution is 5.99. The zero-order valence-electron chi connectivity index (χ0n) is 14.7. The summed E-state index contributed by atoms with van der Waals surface area (Å²) in [7, 11) is 1.60. The molecule has 3 rings (SSSR count). The Labute approximate surface area is 146 Å². The molecule has 6 heteroatoms. The van der Waals surface area contributed by atoms with Gasteiger partial charge in [-0.2, -0.15) is 0 Å². The summed E-state index contributed by atoms with van der Waals surface area (Å²) >= 11 is 0. The Morgan fingerprint density at radius 3 is 2.72 bits per heavy atom. The van der Waals surface area contributed by atoms with E-state index < -0.39 is 11.9 Å². The predicted octanol–water partition coefficient (Wildman–Crippen LogP) is 2.73. The van der Waals surface area contributed by atoms with Crippen LogP contribution in [0.15, 0.2) is 24.3 Å². The van der Waals surface area contributed by atoms with Crippen LogP contribution in [0.1, 0.15) is 29.4 Å². The molecule has 1 fully saturated rings. The van der Waals surface area contributed by atoms with Crippen molar-refractivity contribution in [3.63, 3.8) is 0 Å². The van der Waals surface area contributed by atoms with Gasteiger partial charge in [0.05, 0.1) is 29.8 Å². The third-order valence-corrected chi connectivity index (χ3v) is 4.74. The van der Waals surface area contributed by atoms with Crippen LogP contribution in [-0.4, -0.2) is 47.1 Å². The van der Waals surface area contributed by atoms with Crippen molar-refractivity contribution in [1.82, 2.24) is 9.88 Å². The first-order valence-corrected chi connectivity index (χ1v) is 8.36. The second kappa shape index (κ2) is 6.70. The highest BCUT2D eigenvalue weighted by Crippen LogP contribution is 2.26. The van der Waals surface area contributed by atoms with Crippen molar-refractivity contribution in [3.8, 4) is 5.75 Å². The number of aliphatic carboxylic acids is 1. The summed E-state index contributed by atoms with van der Waals surface area (Å²) in [4.78, 5) is 30.5. The fourth-order valence-electron chi connectivity index (χ4n) is 3.45. The number of methoxy groups -OCH3 is 1. The Bertz CT molecular complexity index is 834. The van der Waals surface area contributed by atoms with Gasteiger partial charge in [-0.25, -0.2) is 0 Å². The maximum Gasteiger partial charge on any atom is 0.308 e. The van der Waals surface area contributed by atoms with Crippen molar-refractivity contribution < 1.29 is 19.4 Å². The Kier molecular flexibility index (Phi) is 4.61. The van der Waals surface area contributed by atoms with Gasteiger partial charge < -0.3 is 14.7 Å². The molecule has 1 amide bonds. The quantitative estimate of drug-likeness (QED) is 0.928. The first-order chi connectivity index (χ1) is 11.9. The second-order valence-corrected chi connectivity index (χ2v) is 6.77. The van der Waals surface area contributed by atoms with Crippen LogP contribution < -0.4 is 4.74 Å². The number of ether oxygens (including phenoxy) is 1. The minimum Gasteiger partial charge on any atom is -0.497 e. The molecule has 1 aromatic carbocycles. The molecule has 1 N–H and O–H groups in total. The Morgan fingerprint density at radius 1 is 1.28 bits per heavy atom. The molecular weight excluding hydrogens is 320 g/mol. The summed E-state index contributed by atoms with van der Waals surface area (Å²) in [6.07, 6.45) is 0.605. The lowest BCUT2D eigenvalue weighted by atomic mass is 9.90. The Morgan fingerprint density at radius 2 is 2.04 bits per heavy atom. The molecule has 1 aliphatic rings. The fourth-order valence-corrected chi connectivity index (χ4v) is 3.45. The molecule has 0 aliphatic carbocycles. The average Bonchev–Trinajstić information content (AvgIpc) is 2.59. The standard InChI is InChI=1S/C19H22N2O4/c1-11-6-14(19(23)24)10-21(9-11)18(22)16-7-13-4-5-15(25-3)8-17(13)20-12(16)2/h4-5,7-8,11,14H,6,9-10H2,1-3H3,(H,23,24). The molecule has 6 nitrogen and oxygen atoms in total. The number of piperidine rings is 1. The van der Waals surface area contributed by atoms with Gasteiger partial charge in [0.15, 0.2) is 0 Å². The van der Waals surface area contributed by atoms with Gasteiger partial charge in [-0.05, 0) is 37.5 Å². The lowest BCUT2D eigenvalue weighted by molar-refractivity contribution is -0.143. The molecular formula is C19H22N2O4. The molecule has 0 saturated carbocycles. The summed E-state index contributed by atoms with van der Waals surface area (Å²) in [6, 6.07) is 7.36. The number of pyridine rings is 1. The average molecular weight is 342 g/mol. The molecule has 1 aromatic heterocycles. The van der Waals surface area contributed by atoms with E-state index in [0.717, 1.165) is 10.9 Å². The summed E-state index contributed by atoms with van der Waals surface area (Å²) in [5, 5.41) is 10.2. The molecule has 2 atom stereocenters. The molecule has 132 valence electrons. The molecule has 2 unspecified atom stereocenters. The molecule has 1 aliphatic heterocycles. The van der Waals surface area contributed by atoms with E-state index in [1.54, 1.807) is 18.9 Å². The van der Waals surface area contributed by atoms with E-state index in [-0.39, 0.29) is 18.4 Å². The van der Waals surface area contributed by atoms with Gasteiger partial charge in [-0.1, -0.05) is 6.92 Å². The maximum absolute atomic E-state index is 13.0. The van der Waals surface area contributed by atoms with Gasteiger partial charge in [0.25, 0.3) is 5.91 Å². The number of benzene rings is 1. The molecule has 0 spiro atoms. The van der Waals surface area contributed by atoms with E-state index in [0.29, 0.717) is 30.0 Å². The Balaban J connectivity index is 1.93. The molecule has 2 heterocycles. The molecule has 2 aromatic rings. The van der Waals surface area contributed by atoms with Crippen LogP contribution in [0.2, 0.25) is 0 Å². The lowest BCUT2D eigenvalue weighted by Crippen LogP contribution is -2.45. The van der Waals surface area contributed by atoms with E-state index >= 15 is 0 Å². The van der Waals surface area contributed by atoms with Crippen LogP contribution in [0.4, 0.5) is 0 Å². The normalized spacial score (nSPS) is 20.5. The van der Waals surface area contributed by atoms with E-state index in [1.807, 2.05) is 31.2 Å². The number of fused-ring (bicyclic) bond motifs is 1. The van der Waals surface area contributed by atoms with Crippen LogP contribution in [0.25, 0.3) is 10.9 Å².